The van der Waals surface area contributed by atoms with Gasteiger partial charge in [-0.1, -0.05) is 13.8 Å². The summed E-state index contributed by atoms with van der Waals surface area (Å²) in [6.07, 6.45) is 3.19. The number of halogens is 5. The Morgan fingerprint density at radius 3 is 1.90 bits per heavy atom. The summed E-state index contributed by atoms with van der Waals surface area (Å²) in [6, 6.07) is 0. The lowest BCUT2D eigenvalue weighted by molar-refractivity contribution is -0.679. The Bertz CT molecular complexity index is 662. The van der Waals surface area contributed by atoms with Gasteiger partial charge in [-0.15, -0.1) is 0 Å². The highest BCUT2D eigenvalue weighted by molar-refractivity contribution is 5.24. The maximum atomic E-state index is 13.7. The Kier molecular flexibility index (Phi) is 4.02. The molecule has 0 N–H and O–H groups in total. The fourth-order valence-electron chi connectivity index (χ4n) is 2.37. The molecule has 7 heteroatoms. The number of nitrogens with zero attached hydrogens (tertiary/aromatic N) is 2. The summed E-state index contributed by atoms with van der Waals surface area (Å²) < 4.78 is 70.0. The van der Waals surface area contributed by atoms with Crippen LogP contribution in [-0.2, 0) is 13.6 Å². The third-order valence-electron chi connectivity index (χ3n) is 3.27. The van der Waals surface area contributed by atoms with Gasteiger partial charge in [-0.2, -0.15) is 0 Å². The second-order valence-electron chi connectivity index (χ2n) is 5.10. The zero-order chi connectivity index (χ0) is 15.9. The van der Waals surface area contributed by atoms with Gasteiger partial charge in [-0.05, 0) is 0 Å². The molecule has 0 saturated heterocycles. The fraction of sp³-hybridized carbons (Fsp3) is 0.357. The van der Waals surface area contributed by atoms with Crippen LogP contribution in [0.1, 0.15) is 31.2 Å². The normalized spacial score (nSPS) is 11.5. The van der Waals surface area contributed by atoms with E-state index in [4.69, 9.17) is 0 Å². The highest BCUT2D eigenvalue weighted by atomic mass is 19.2. The van der Waals surface area contributed by atoms with Crippen LogP contribution in [0, 0.1) is 29.1 Å². The molecule has 114 valence electrons. The Morgan fingerprint density at radius 2 is 1.43 bits per heavy atom. The molecule has 0 aliphatic heterocycles. The van der Waals surface area contributed by atoms with Gasteiger partial charge >= 0.3 is 0 Å². The fourth-order valence-corrected chi connectivity index (χ4v) is 2.37. The molecule has 0 bridgehead atoms. The summed E-state index contributed by atoms with van der Waals surface area (Å²) in [5, 5.41) is 0. The molecule has 0 radical (unpaired) electrons. The maximum absolute atomic E-state index is 13.7. The number of rotatable bonds is 3. The SMILES string of the molecule is CC(C)c1n(Cc2c(F)c(F)c(F)c(F)c2F)cc[n+]1C. The van der Waals surface area contributed by atoms with Gasteiger partial charge in [0.2, 0.25) is 5.82 Å². The van der Waals surface area contributed by atoms with Crippen molar-refractivity contribution in [2.24, 2.45) is 7.05 Å². The largest absolute Gasteiger partial charge is 0.259 e. The number of aryl methyl sites for hydroxylation is 1. The lowest BCUT2D eigenvalue weighted by Gasteiger charge is -2.09. The van der Waals surface area contributed by atoms with Crippen LogP contribution >= 0.6 is 0 Å². The first-order valence-electron chi connectivity index (χ1n) is 6.30. The van der Waals surface area contributed by atoms with Crippen LogP contribution in [0.5, 0.6) is 0 Å². The third kappa shape index (κ3) is 2.52. The molecule has 2 rings (SSSR count). The molecule has 0 spiro atoms. The molecular formula is C14H14F5N2+. The molecule has 1 heterocycles. The van der Waals surface area contributed by atoms with Crippen molar-refractivity contribution in [2.45, 2.75) is 26.3 Å². The summed E-state index contributed by atoms with van der Waals surface area (Å²) in [5.41, 5.74) is -0.843. The molecule has 0 aliphatic carbocycles. The molecule has 0 aliphatic rings. The molecule has 2 aromatic rings. The average Bonchev–Trinajstić information content (AvgIpc) is 2.80. The lowest BCUT2D eigenvalue weighted by atomic mass is 10.1. The predicted octanol–water partition coefficient (Wildman–Crippen LogP) is 3.18. The molecule has 0 fully saturated rings. The topological polar surface area (TPSA) is 8.81 Å². The van der Waals surface area contributed by atoms with E-state index in [0.29, 0.717) is 5.82 Å². The Hall–Kier alpha value is -1.92. The number of benzene rings is 1. The minimum absolute atomic E-state index is 0.0197. The summed E-state index contributed by atoms with van der Waals surface area (Å²) in [5.74, 6) is -8.85. The van der Waals surface area contributed by atoms with Gasteiger partial charge in [-0.25, -0.2) is 31.1 Å². The van der Waals surface area contributed by atoms with E-state index >= 15 is 0 Å². The van der Waals surface area contributed by atoms with Crippen LogP contribution in [0.4, 0.5) is 22.0 Å². The van der Waals surface area contributed by atoms with Crippen LogP contribution in [0.25, 0.3) is 0 Å². The van der Waals surface area contributed by atoms with Crippen molar-refractivity contribution in [1.29, 1.82) is 0 Å². The second kappa shape index (κ2) is 5.46. The van der Waals surface area contributed by atoms with E-state index in [1.807, 2.05) is 13.8 Å². The first kappa shape index (κ1) is 15.5. The van der Waals surface area contributed by atoms with Crippen molar-refractivity contribution in [3.63, 3.8) is 0 Å². The molecular weight excluding hydrogens is 291 g/mol. The van der Waals surface area contributed by atoms with Crippen LogP contribution in [-0.4, -0.2) is 4.57 Å². The van der Waals surface area contributed by atoms with Gasteiger partial charge in [0.25, 0.3) is 5.82 Å². The Balaban J connectivity index is 2.56. The quantitative estimate of drug-likeness (QED) is 0.356. The molecule has 1 aromatic heterocycles. The minimum atomic E-state index is -2.14. The average molecular weight is 305 g/mol. The van der Waals surface area contributed by atoms with Crippen molar-refractivity contribution in [1.82, 2.24) is 4.57 Å². The Morgan fingerprint density at radius 1 is 0.952 bits per heavy atom. The third-order valence-corrected chi connectivity index (χ3v) is 3.27. The number of hydrogen-bond acceptors (Lipinski definition) is 0. The predicted molar refractivity (Wildman–Crippen MR) is 65.0 cm³/mol. The minimum Gasteiger partial charge on any atom is -0.237 e. The first-order chi connectivity index (χ1) is 9.75. The van der Waals surface area contributed by atoms with Gasteiger partial charge in [0.05, 0.1) is 18.5 Å². The summed E-state index contributed by atoms with van der Waals surface area (Å²) in [7, 11) is 1.74. The molecule has 0 unspecified atom stereocenters. The van der Waals surface area contributed by atoms with E-state index in [1.54, 1.807) is 17.8 Å². The van der Waals surface area contributed by atoms with E-state index in [2.05, 4.69) is 0 Å². The number of imidazole rings is 1. The summed E-state index contributed by atoms with van der Waals surface area (Å²) in [6.45, 7) is 3.30. The van der Waals surface area contributed by atoms with E-state index in [9.17, 15) is 22.0 Å². The Labute approximate surface area is 118 Å². The lowest BCUT2D eigenvalue weighted by Crippen LogP contribution is -2.33. The van der Waals surface area contributed by atoms with E-state index < -0.39 is 41.2 Å². The van der Waals surface area contributed by atoms with Crippen LogP contribution in [0.2, 0.25) is 0 Å². The number of aromatic nitrogens is 2. The van der Waals surface area contributed by atoms with Crippen molar-refractivity contribution >= 4 is 0 Å². The molecule has 0 saturated carbocycles. The zero-order valence-electron chi connectivity index (χ0n) is 11.7. The van der Waals surface area contributed by atoms with Crippen LogP contribution in [0.3, 0.4) is 0 Å². The van der Waals surface area contributed by atoms with Gasteiger partial charge in [0, 0.05) is 0 Å². The van der Waals surface area contributed by atoms with Crippen molar-refractivity contribution in [3.8, 4) is 0 Å². The van der Waals surface area contributed by atoms with Crippen molar-refractivity contribution in [3.05, 3.63) is 52.9 Å². The van der Waals surface area contributed by atoms with Crippen molar-refractivity contribution in [2.75, 3.05) is 0 Å². The van der Waals surface area contributed by atoms with Crippen LogP contribution in [0.15, 0.2) is 12.4 Å². The molecule has 1 aromatic carbocycles. The van der Waals surface area contributed by atoms with Gasteiger partial charge in [0.15, 0.2) is 23.3 Å². The van der Waals surface area contributed by atoms with Gasteiger partial charge in [0.1, 0.15) is 18.9 Å². The smallest absolute Gasteiger partial charge is 0.237 e. The summed E-state index contributed by atoms with van der Waals surface area (Å²) in [4.78, 5) is 0. The first-order valence-corrected chi connectivity index (χ1v) is 6.30. The molecule has 2 nitrogen and oxygen atoms in total. The maximum Gasteiger partial charge on any atom is 0.259 e. The van der Waals surface area contributed by atoms with Gasteiger partial charge in [-0.3, -0.25) is 0 Å². The summed E-state index contributed by atoms with van der Waals surface area (Å²) >= 11 is 0. The standard InChI is InChI=1S/C14H14F5N2/c1-7(2)14-20(3)4-5-21(14)6-8-9(15)11(17)13(19)12(18)10(8)16/h4-5,7H,6H2,1-3H3/q+1. The zero-order valence-corrected chi connectivity index (χ0v) is 11.7. The monoisotopic (exact) mass is 305 g/mol. The second-order valence-corrected chi connectivity index (χ2v) is 5.10. The number of hydrogen-bond donors (Lipinski definition) is 0. The van der Waals surface area contributed by atoms with E-state index in [1.165, 1.54) is 10.8 Å². The molecule has 21 heavy (non-hydrogen) atoms. The van der Waals surface area contributed by atoms with Crippen molar-refractivity contribution < 1.29 is 26.5 Å². The van der Waals surface area contributed by atoms with E-state index in [0.717, 1.165) is 0 Å². The van der Waals surface area contributed by atoms with Crippen LogP contribution < -0.4 is 4.57 Å². The van der Waals surface area contributed by atoms with Gasteiger partial charge < -0.3 is 0 Å². The highest BCUT2D eigenvalue weighted by Crippen LogP contribution is 2.24. The highest BCUT2D eigenvalue weighted by Gasteiger charge is 2.28. The molecule has 0 amide bonds. The van der Waals surface area contributed by atoms with E-state index in [-0.39, 0.29) is 5.92 Å². The molecule has 0 atom stereocenters.